The van der Waals surface area contributed by atoms with Gasteiger partial charge in [0.1, 0.15) is 16.4 Å². The van der Waals surface area contributed by atoms with E-state index in [1.807, 2.05) is 52.2 Å². The standard InChI is InChI=1S/C23H28N4O2S/c1-13-19-14(2)25-21(15-10-11-15)26-23(19)30-20(13)22(28)24-12-17(27(3)4)16-8-6-7-9-18(16)29-5/h6-9,15,17H,10-12H2,1-5H3,(H,24,28). The number of carbonyl (C=O) groups excluding carboxylic acids is 1. The first kappa shape index (κ1) is 20.8. The van der Waals surface area contributed by atoms with Gasteiger partial charge in [0.05, 0.1) is 23.7 Å². The number of ether oxygens (including phenoxy) is 1. The van der Waals surface area contributed by atoms with Gasteiger partial charge >= 0.3 is 0 Å². The Labute approximate surface area is 181 Å². The van der Waals surface area contributed by atoms with Crippen molar-refractivity contribution in [3.63, 3.8) is 0 Å². The SMILES string of the molecule is COc1ccccc1C(CNC(=O)c1sc2nc(C3CC3)nc(C)c2c1C)N(C)C. The number of aryl methyl sites for hydroxylation is 2. The lowest BCUT2D eigenvalue weighted by Crippen LogP contribution is -2.34. The summed E-state index contributed by atoms with van der Waals surface area (Å²) in [5, 5.41) is 4.14. The molecule has 0 spiro atoms. The van der Waals surface area contributed by atoms with Gasteiger partial charge < -0.3 is 15.0 Å². The van der Waals surface area contributed by atoms with Crippen molar-refractivity contribution in [1.29, 1.82) is 0 Å². The van der Waals surface area contributed by atoms with E-state index >= 15 is 0 Å². The van der Waals surface area contributed by atoms with E-state index in [0.29, 0.717) is 17.3 Å². The molecule has 0 radical (unpaired) electrons. The second-order valence-corrected chi connectivity index (χ2v) is 9.11. The van der Waals surface area contributed by atoms with Crippen LogP contribution in [0.4, 0.5) is 0 Å². The van der Waals surface area contributed by atoms with Crippen molar-refractivity contribution >= 4 is 27.5 Å². The van der Waals surface area contributed by atoms with Crippen LogP contribution < -0.4 is 10.1 Å². The fraction of sp³-hybridized carbons (Fsp3) is 0.435. The van der Waals surface area contributed by atoms with Crippen LogP contribution in [0.3, 0.4) is 0 Å². The van der Waals surface area contributed by atoms with Gasteiger partial charge in [-0.3, -0.25) is 4.79 Å². The Kier molecular flexibility index (Phi) is 5.75. The van der Waals surface area contributed by atoms with Gasteiger partial charge in [-0.15, -0.1) is 11.3 Å². The van der Waals surface area contributed by atoms with Gasteiger partial charge in [0, 0.05) is 23.4 Å². The number of likely N-dealkylation sites (N-methyl/N-ethyl adjacent to an activating group) is 1. The summed E-state index contributed by atoms with van der Waals surface area (Å²) in [7, 11) is 5.68. The molecule has 6 nitrogen and oxygen atoms in total. The van der Waals surface area contributed by atoms with Crippen molar-refractivity contribution in [2.75, 3.05) is 27.7 Å². The number of hydrogen-bond donors (Lipinski definition) is 1. The minimum Gasteiger partial charge on any atom is -0.496 e. The molecule has 1 aliphatic rings. The molecule has 4 rings (SSSR count). The Bertz CT molecular complexity index is 1090. The summed E-state index contributed by atoms with van der Waals surface area (Å²) in [6.45, 7) is 4.49. The Balaban J connectivity index is 1.58. The molecule has 1 aromatic carbocycles. The number of carbonyl (C=O) groups is 1. The molecule has 3 aromatic rings. The van der Waals surface area contributed by atoms with Crippen molar-refractivity contribution in [2.45, 2.75) is 38.6 Å². The molecule has 0 saturated heterocycles. The highest BCUT2D eigenvalue weighted by atomic mass is 32.1. The average Bonchev–Trinajstić information content (AvgIpc) is 3.51. The van der Waals surface area contributed by atoms with Crippen LogP contribution in [0.2, 0.25) is 0 Å². The zero-order valence-corrected chi connectivity index (χ0v) is 19.0. The number of thiophene rings is 1. The van der Waals surface area contributed by atoms with Crippen LogP contribution in [-0.4, -0.2) is 48.5 Å². The van der Waals surface area contributed by atoms with Crippen LogP contribution in [0.1, 0.15) is 57.1 Å². The lowest BCUT2D eigenvalue weighted by molar-refractivity contribution is 0.0945. The third-order valence-corrected chi connectivity index (χ3v) is 6.90. The van der Waals surface area contributed by atoms with Crippen molar-refractivity contribution in [2.24, 2.45) is 0 Å². The van der Waals surface area contributed by atoms with Gasteiger partial charge in [-0.25, -0.2) is 9.97 Å². The number of rotatable bonds is 7. The van der Waals surface area contributed by atoms with E-state index in [9.17, 15) is 4.79 Å². The number of nitrogens with zero attached hydrogens (tertiary/aromatic N) is 3. The molecule has 2 aromatic heterocycles. The molecule has 0 aliphatic heterocycles. The van der Waals surface area contributed by atoms with E-state index in [0.717, 1.165) is 51.5 Å². The summed E-state index contributed by atoms with van der Waals surface area (Å²) in [5.74, 6) is 2.18. The van der Waals surface area contributed by atoms with Crippen LogP contribution in [0, 0.1) is 13.8 Å². The summed E-state index contributed by atoms with van der Waals surface area (Å²) in [4.78, 5) is 26.3. The molecular weight excluding hydrogens is 396 g/mol. The van der Waals surface area contributed by atoms with Crippen molar-refractivity contribution in [1.82, 2.24) is 20.2 Å². The second kappa shape index (κ2) is 8.32. The number of hydrogen-bond acceptors (Lipinski definition) is 6. The largest absolute Gasteiger partial charge is 0.496 e. The molecule has 1 saturated carbocycles. The van der Waals surface area contributed by atoms with Crippen LogP contribution in [0.15, 0.2) is 24.3 Å². The molecule has 1 fully saturated rings. The minimum atomic E-state index is -0.0652. The fourth-order valence-corrected chi connectivity index (χ4v) is 5.04. The molecule has 7 heteroatoms. The third kappa shape index (κ3) is 3.91. The maximum atomic E-state index is 13.1. The van der Waals surface area contributed by atoms with Gasteiger partial charge in [-0.05, 0) is 52.4 Å². The number of para-hydroxylation sites is 1. The van der Waals surface area contributed by atoms with E-state index in [4.69, 9.17) is 14.7 Å². The van der Waals surface area contributed by atoms with Crippen molar-refractivity contribution in [3.05, 3.63) is 51.8 Å². The van der Waals surface area contributed by atoms with E-state index in [1.165, 1.54) is 11.3 Å². The monoisotopic (exact) mass is 424 g/mol. The predicted molar refractivity (Wildman–Crippen MR) is 121 cm³/mol. The van der Waals surface area contributed by atoms with Crippen LogP contribution in [0.25, 0.3) is 10.2 Å². The summed E-state index contributed by atoms with van der Waals surface area (Å²) < 4.78 is 5.52. The summed E-state index contributed by atoms with van der Waals surface area (Å²) in [6, 6.07) is 7.93. The number of aromatic nitrogens is 2. The average molecular weight is 425 g/mol. The molecule has 1 aliphatic carbocycles. The van der Waals surface area contributed by atoms with Gasteiger partial charge in [0.15, 0.2) is 0 Å². The summed E-state index contributed by atoms with van der Waals surface area (Å²) in [6.07, 6.45) is 2.33. The first-order valence-corrected chi connectivity index (χ1v) is 11.1. The molecule has 2 heterocycles. The lowest BCUT2D eigenvalue weighted by Gasteiger charge is -2.26. The van der Waals surface area contributed by atoms with E-state index in [-0.39, 0.29) is 11.9 Å². The Morgan fingerprint density at radius 3 is 2.67 bits per heavy atom. The first-order valence-electron chi connectivity index (χ1n) is 10.3. The van der Waals surface area contributed by atoms with Gasteiger partial charge in [-0.1, -0.05) is 18.2 Å². The highest BCUT2D eigenvalue weighted by Crippen LogP contribution is 2.40. The van der Waals surface area contributed by atoms with Gasteiger partial charge in [-0.2, -0.15) is 0 Å². The minimum absolute atomic E-state index is 0.00258. The zero-order chi connectivity index (χ0) is 21.4. The van der Waals surface area contributed by atoms with Crippen LogP contribution in [-0.2, 0) is 0 Å². The molecular formula is C23H28N4O2S. The highest BCUT2D eigenvalue weighted by Gasteiger charge is 2.29. The number of methoxy groups -OCH3 is 1. The molecule has 158 valence electrons. The molecule has 1 unspecified atom stereocenters. The number of amides is 1. The van der Waals surface area contributed by atoms with Crippen molar-refractivity contribution in [3.8, 4) is 5.75 Å². The quantitative estimate of drug-likeness (QED) is 0.615. The third-order valence-electron chi connectivity index (χ3n) is 5.71. The lowest BCUT2D eigenvalue weighted by atomic mass is 10.0. The predicted octanol–water partition coefficient (Wildman–Crippen LogP) is 4.23. The van der Waals surface area contributed by atoms with Crippen molar-refractivity contribution < 1.29 is 9.53 Å². The van der Waals surface area contributed by atoms with Gasteiger partial charge in [0.25, 0.3) is 5.91 Å². The highest BCUT2D eigenvalue weighted by molar-refractivity contribution is 7.20. The number of nitrogens with one attached hydrogen (secondary N) is 1. The molecule has 0 bridgehead atoms. The number of fused-ring (bicyclic) bond motifs is 1. The fourth-order valence-electron chi connectivity index (χ4n) is 3.88. The Hall–Kier alpha value is -2.51. The first-order chi connectivity index (χ1) is 14.4. The Morgan fingerprint density at radius 1 is 1.27 bits per heavy atom. The van der Waals surface area contributed by atoms with E-state index in [1.54, 1.807) is 7.11 Å². The van der Waals surface area contributed by atoms with Crippen LogP contribution >= 0.6 is 11.3 Å². The van der Waals surface area contributed by atoms with E-state index < -0.39 is 0 Å². The Morgan fingerprint density at radius 2 is 2.00 bits per heavy atom. The second-order valence-electron chi connectivity index (χ2n) is 8.11. The van der Waals surface area contributed by atoms with Gasteiger partial charge in [0.2, 0.25) is 0 Å². The summed E-state index contributed by atoms with van der Waals surface area (Å²) >= 11 is 1.47. The maximum absolute atomic E-state index is 13.1. The van der Waals surface area contributed by atoms with E-state index in [2.05, 4.69) is 10.2 Å². The molecule has 1 N–H and O–H groups in total. The molecule has 1 amide bonds. The number of benzene rings is 1. The zero-order valence-electron chi connectivity index (χ0n) is 18.2. The summed E-state index contributed by atoms with van der Waals surface area (Å²) in [5.41, 5.74) is 2.98. The molecule has 1 atom stereocenters. The van der Waals surface area contributed by atoms with Crippen LogP contribution in [0.5, 0.6) is 5.75 Å². The smallest absolute Gasteiger partial charge is 0.261 e. The molecule has 30 heavy (non-hydrogen) atoms. The maximum Gasteiger partial charge on any atom is 0.261 e. The normalized spacial score (nSPS) is 14.9. The topological polar surface area (TPSA) is 67.3 Å².